The van der Waals surface area contributed by atoms with Crippen LogP contribution in [0.3, 0.4) is 0 Å². The molecule has 2 amide bonds. The molecule has 1 atom stereocenters. The van der Waals surface area contributed by atoms with Crippen LogP contribution in [0, 0.1) is 12.8 Å². The van der Waals surface area contributed by atoms with Gasteiger partial charge in [-0.3, -0.25) is 9.59 Å². The molecule has 0 aromatic heterocycles. The fraction of sp³-hybridized carbons (Fsp3) is 0.556. The summed E-state index contributed by atoms with van der Waals surface area (Å²) in [5.74, 6) is 0.327. The number of anilines is 2. The average Bonchev–Trinajstić information content (AvgIpc) is 3.40. The van der Waals surface area contributed by atoms with Crippen molar-refractivity contribution in [3.63, 3.8) is 0 Å². The number of nitrogens with zero attached hydrogens (tertiary/aromatic N) is 1. The maximum atomic E-state index is 12.3. The van der Waals surface area contributed by atoms with Crippen molar-refractivity contribution in [2.75, 3.05) is 36.9 Å². The van der Waals surface area contributed by atoms with Crippen LogP contribution in [0.2, 0.25) is 0 Å². The predicted molar refractivity (Wildman–Crippen MR) is 93.0 cm³/mol. The van der Waals surface area contributed by atoms with E-state index in [1.165, 1.54) is 0 Å². The minimum atomic E-state index is 0.0666. The number of hydrogen-bond donors (Lipinski definition) is 2. The van der Waals surface area contributed by atoms with Gasteiger partial charge in [0.15, 0.2) is 0 Å². The lowest BCUT2D eigenvalue weighted by atomic mass is 10.1. The monoisotopic (exact) mass is 331 g/mol. The molecular weight excluding hydrogens is 306 g/mol. The Morgan fingerprint density at radius 3 is 2.83 bits per heavy atom. The van der Waals surface area contributed by atoms with Crippen molar-refractivity contribution >= 4 is 23.2 Å². The lowest BCUT2D eigenvalue weighted by molar-refractivity contribution is -0.136. The average molecular weight is 331 g/mol. The zero-order valence-electron chi connectivity index (χ0n) is 14.3. The Morgan fingerprint density at radius 2 is 2.12 bits per heavy atom. The number of carbonyl (C=O) groups is 2. The van der Waals surface area contributed by atoms with Crippen molar-refractivity contribution in [1.29, 1.82) is 0 Å². The summed E-state index contributed by atoms with van der Waals surface area (Å²) in [7, 11) is 0. The summed E-state index contributed by atoms with van der Waals surface area (Å²) in [5.41, 5.74) is 2.69. The Balaban J connectivity index is 1.57. The molecule has 1 heterocycles. The zero-order chi connectivity index (χ0) is 17.1. The zero-order valence-corrected chi connectivity index (χ0v) is 14.3. The SMILES string of the molecule is Cc1ccc(NC(=O)C2CC2)cc1NCC(=O)N1CCO[C@H](C)C1. The van der Waals surface area contributed by atoms with E-state index in [4.69, 9.17) is 4.74 Å². The third kappa shape index (κ3) is 4.26. The Bertz CT molecular complexity index is 628. The van der Waals surface area contributed by atoms with Crippen molar-refractivity contribution in [2.24, 2.45) is 5.92 Å². The molecule has 0 unspecified atom stereocenters. The Kier molecular flexibility index (Phi) is 5.04. The molecule has 1 aliphatic carbocycles. The van der Waals surface area contributed by atoms with Gasteiger partial charge in [0.2, 0.25) is 11.8 Å². The standard InChI is InChI=1S/C18H25N3O3/c1-12-3-6-15(20-18(23)14-4-5-14)9-16(12)19-10-17(22)21-7-8-24-13(2)11-21/h3,6,9,13-14,19H,4-5,7-8,10-11H2,1-2H3,(H,20,23)/t13-/m1/s1. The van der Waals surface area contributed by atoms with E-state index in [0.717, 1.165) is 29.8 Å². The molecule has 1 saturated carbocycles. The molecule has 3 rings (SSSR count). The number of carbonyl (C=O) groups excluding carboxylic acids is 2. The third-order valence-electron chi connectivity index (χ3n) is 4.48. The number of aryl methyl sites for hydroxylation is 1. The van der Waals surface area contributed by atoms with Crippen LogP contribution < -0.4 is 10.6 Å². The molecule has 1 aromatic rings. The molecule has 0 bridgehead atoms. The van der Waals surface area contributed by atoms with Gasteiger partial charge in [-0.1, -0.05) is 6.07 Å². The maximum Gasteiger partial charge on any atom is 0.242 e. The van der Waals surface area contributed by atoms with E-state index in [2.05, 4.69) is 10.6 Å². The number of ether oxygens (including phenoxy) is 1. The first-order chi connectivity index (χ1) is 11.5. The van der Waals surface area contributed by atoms with Gasteiger partial charge < -0.3 is 20.3 Å². The first kappa shape index (κ1) is 16.8. The van der Waals surface area contributed by atoms with Gasteiger partial charge >= 0.3 is 0 Å². The van der Waals surface area contributed by atoms with Crippen LogP contribution in [0.4, 0.5) is 11.4 Å². The highest BCUT2D eigenvalue weighted by Crippen LogP contribution is 2.30. The first-order valence-corrected chi connectivity index (χ1v) is 8.57. The molecule has 130 valence electrons. The second-order valence-corrected chi connectivity index (χ2v) is 6.67. The minimum Gasteiger partial charge on any atom is -0.376 e. The molecule has 2 fully saturated rings. The molecule has 6 nitrogen and oxygen atoms in total. The molecule has 0 spiro atoms. The first-order valence-electron chi connectivity index (χ1n) is 8.57. The van der Waals surface area contributed by atoms with Crippen LogP contribution in [-0.4, -0.2) is 49.1 Å². The van der Waals surface area contributed by atoms with Crippen LogP contribution in [-0.2, 0) is 14.3 Å². The number of amides is 2. The smallest absolute Gasteiger partial charge is 0.242 e. The summed E-state index contributed by atoms with van der Waals surface area (Å²) in [6.45, 7) is 6.07. The molecular formula is C18H25N3O3. The number of hydrogen-bond acceptors (Lipinski definition) is 4. The summed E-state index contributed by atoms with van der Waals surface area (Å²) >= 11 is 0. The number of benzene rings is 1. The topological polar surface area (TPSA) is 70.7 Å². The summed E-state index contributed by atoms with van der Waals surface area (Å²) in [6.07, 6.45) is 2.05. The van der Waals surface area contributed by atoms with Gasteiger partial charge in [0.25, 0.3) is 0 Å². The molecule has 2 N–H and O–H groups in total. The van der Waals surface area contributed by atoms with Gasteiger partial charge in [-0.05, 0) is 44.4 Å². The van der Waals surface area contributed by atoms with E-state index < -0.39 is 0 Å². The van der Waals surface area contributed by atoms with E-state index in [0.29, 0.717) is 19.7 Å². The fourth-order valence-corrected chi connectivity index (χ4v) is 2.81. The van der Waals surface area contributed by atoms with E-state index in [9.17, 15) is 9.59 Å². The van der Waals surface area contributed by atoms with Gasteiger partial charge in [-0.25, -0.2) is 0 Å². The summed E-state index contributed by atoms with van der Waals surface area (Å²) in [5, 5.41) is 6.14. The van der Waals surface area contributed by atoms with Crippen LogP contribution in [0.5, 0.6) is 0 Å². The van der Waals surface area contributed by atoms with E-state index in [-0.39, 0.29) is 30.4 Å². The Morgan fingerprint density at radius 1 is 1.33 bits per heavy atom. The second kappa shape index (κ2) is 7.21. The molecule has 0 radical (unpaired) electrons. The van der Waals surface area contributed by atoms with Crippen molar-refractivity contribution in [2.45, 2.75) is 32.8 Å². The van der Waals surface area contributed by atoms with Crippen LogP contribution in [0.25, 0.3) is 0 Å². The van der Waals surface area contributed by atoms with Gasteiger partial charge in [0.1, 0.15) is 0 Å². The van der Waals surface area contributed by atoms with Crippen molar-refractivity contribution < 1.29 is 14.3 Å². The quantitative estimate of drug-likeness (QED) is 0.866. The summed E-state index contributed by atoms with van der Waals surface area (Å²) < 4.78 is 5.46. The minimum absolute atomic E-state index is 0.0666. The highest BCUT2D eigenvalue weighted by Gasteiger charge is 2.29. The molecule has 24 heavy (non-hydrogen) atoms. The fourth-order valence-electron chi connectivity index (χ4n) is 2.81. The second-order valence-electron chi connectivity index (χ2n) is 6.67. The van der Waals surface area contributed by atoms with E-state index in [1.54, 1.807) is 0 Å². The largest absolute Gasteiger partial charge is 0.376 e. The maximum absolute atomic E-state index is 12.3. The lowest BCUT2D eigenvalue weighted by Crippen LogP contribution is -2.46. The molecule has 1 aliphatic heterocycles. The summed E-state index contributed by atoms with van der Waals surface area (Å²) in [6, 6.07) is 5.74. The Hall–Kier alpha value is -2.08. The predicted octanol–water partition coefficient (Wildman–Crippen LogP) is 2.00. The van der Waals surface area contributed by atoms with Gasteiger partial charge in [-0.2, -0.15) is 0 Å². The number of nitrogens with one attached hydrogen (secondary N) is 2. The molecule has 2 aliphatic rings. The van der Waals surface area contributed by atoms with Crippen molar-refractivity contribution in [3.8, 4) is 0 Å². The van der Waals surface area contributed by atoms with Gasteiger partial charge in [-0.15, -0.1) is 0 Å². The van der Waals surface area contributed by atoms with Crippen LogP contribution in [0.15, 0.2) is 18.2 Å². The van der Waals surface area contributed by atoms with E-state index in [1.807, 2.05) is 36.9 Å². The Labute approximate surface area is 142 Å². The highest BCUT2D eigenvalue weighted by molar-refractivity contribution is 5.94. The van der Waals surface area contributed by atoms with Crippen molar-refractivity contribution in [3.05, 3.63) is 23.8 Å². The third-order valence-corrected chi connectivity index (χ3v) is 4.48. The molecule has 1 aromatic carbocycles. The van der Waals surface area contributed by atoms with E-state index >= 15 is 0 Å². The highest BCUT2D eigenvalue weighted by atomic mass is 16.5. The lowest BCUT2D eigenvalue weighted by Gasteiger charge is -2.31. The van der Waals surface area contributed by atoms with Gasteiger partial charge in [0.05, 0.1) is 19.3 Å². The van der Waals surface area contributed by atoms with Gasteiger partial charge in [0, 0.05) is 30.4 Å². The summed E-state index contributed by atoms with van der Waals surface area (Å²) in [4.78, 5) is 26.0. The van der Waals surface area contributed by atoms with Crippen LogP contribution >= 0.6 is 0 Å². The molecule has 6 heteroatoms. The normalized spacial score (nSPS) is 20.6. The molecule has 1 saturated heterocycles. The number of rotatable bonds is 5. The van der Waals surface area contributed by atoms with Crippen LogP contribution in [0.1, 0.15) is 25.3 Å². The van der Waals surface area contributed by atoms with Crippen molar-refractivity contribution in [1.82, 2.24) is 4.90 Å². The number of morpholine rings is 1.